The minimum Gasteiger partial charge on any atom is -0.398 e. The van der Waals surface area contributed by atoms with Gasteiger partial charge in [0, 0.05) is 18.1 Å². The van der Waals surface area contributed by atoms with Crippen molar-refractivity contribution in [2.75, 3.05) is 5.73 Å². The van der Waals surface area contributed by atoms with E-state index in [4.69, 9.17) is 5.73 Å². The molecule has 0 spiro atoms. The van der Waals surface area contributed by atoms with Gasteiger partial charge in [0.1, 0.15) is 0 Å². The summed E-state index contributed by atoms with van der Waals surface area (Å²) >= 11 is 0. The van der Waals surface area contributed by atoms with Crippen LogP contribution in [0.15, 0.2) is 18.5 Å². The van der Waals surface area contributed by atoms with Crippen molar-refractivity contribution in [3.63, 3.8) is 0 Å². The van der Waals surface area contributed by atoms with Crippen molar-refractivity contribution >= 4 is 5.69 Å². The molecule has 2 N–H and O–H groups in total. The molecule has 0 atom stereocenters. The molecule has 1 aromatic heterocycles. The fourth-order valence-corrected chi connectivity index (χ4v) is 2.45. The number of aromatic nitrogens is 1. The Kier molecular flexibility index (Phi) is 2.44. The Morgan fingerprint density at radius 3 is 2.79 bits per heavy atom. The van der Waals surface area contributed by atoms with Gasteiger partial charge in [-0.2, -0.15) is 0 Å². The van der Waals surface area contributed by atoms with Crippen LogP contribution in [0, 0.1) is 5.41 Å². The number of rotatable bonds is 2. The van der Waals surface area contributed by atoms with Gasteiger partial charge in [0.05, 0.1) is 0 Å². The monoisotopic (exact) mass is 190 g/mol. The van der Waals surface area contributed by atoms with Gasteiger partial charge in [0.2, 0.25) is 0 Å². The molecule has 0 radical (unpaired) electrons. The molecule has 0 amide bonds. The SMILES string of the molecule is CC1(Cc2cnccc2N)CCCC1. The molecule has 1 saturated carbocycles. The molecule has 1 heterocycles. The fraction of sp³-hybridized carbons (Fsp3) is 0.583. The average Bonchev–Trinajstić information content (AvgIpc) is 2.57. The lowest BCUT2D eigenvalue weighted by atomic mass is 9.82. The van der Waals surface area contributed by atoms with Crippen molar-refractivity contribution in [3.8, 4) is 0 Å². The standard InChI is InChI=1S/C12H18N2/c1-12(5-2-3-6-12)8-10-9-14-7-4-11(10)13/h4,7,9H,2-3,5-6,8H2,1H3,(H2,13,14). The Morgan fingerprint density at radius 2 is 2.14 bits per heavy atom. The van der Waals surface area contributed by atoms with Gasteiger partial charge in [0.15, 0.2) is 0 Å². The van der Waals surface area contributed by atoms with E-state index >= 15 is 0 Å². The van der Waals surface area contributed by atoms with E-state index in [1.54, 1.807) is 6.20 Å². The molecule has 2 heteroatoms. The Bertz CT molecular complexity index is 314. The Labute approximate surface area is 85.5 Å². The first kappa shape index (κ1) is 9.50. The van der Waals surface area contributed by atoms with Crippen LogP contribution in [0.3, 0.4) is 0 Å². The minimum absolute atomic E-state index is 0.469. The van der Waals surface area contributed by atoms with Crippen molar-refractivity contribution in [3.05, 3.63) is 24.0 Å². The number of pyridine rings is 1. The van der Waals surface area contributed by atoms with E-state index in [0.717, 1.165) is 12.1 Å². The van der Waals surface area contributed by atoms with Gasteiger partial charge in [-0.1, -0.05) is 19.8 Å². The molecule has 0 bridgehead atoms. The summed E-state index contributed by atoms with van der Waals surface area (Å²) in [5.74, 6) is 0. The summed E-state index contributed by atoms with van der Waals surface area (Å²) in [5.41, 5.74) is 8.50. The van der Waals surface area contributed by atoms with E-state index in [1.165, 1.54) is 31.2 Å². The minimum atomic E-state index is 0.469. The lowest BCUT2D eigenvalue weighted by Gasteiger charge is -2.23. The van der Waals surface area contributed by atoms with E-state index in [-0.39, 0.29) is 0 Å². The molecular weight excluding hydrogens is 172 g/mol. The third kappa shape index (κ3) is 1.89. The van der Waals surface area contributed by atoms with Crippen LogP contribution in [0.5, 0.6) is 0 Å². The maximum absolute atomic E-state index is 5.92. The average molecular weight is 190 g/mol. The normalized spacial score (nSPS) is 19.8. The number of nitrogens with two attached hydrogens (primary N) is 1. The highest BCUT2D eigenvalue weighted by Gasteiger charge is 2.29. The first-order valence-corrected chi connectivity index (χ1v) is 5.38. The largest absolute Gasteiger partial charge is 0.398 e. The van der Waals surface area contributed by atoms with Crippen molar-refractivity contribution in [1.82, 2.24) is 4.98 Å². The van der Waals surface area contributed by atoms with Gasteiger partial charge >= 0.3 is 0 Å². The number of anilines is 1. The Morgan fingerprint density at radius 1 is 1.43 bits per heavy atom. The van der Waals surface area contributed by atoms with Crippen LogP contribution in [-0.2, 0) is 6.42 Å². The number of nitrogen functional groups attached to an aromatic ring is 1. The summed E-state index contributed by atoms with van der Waals surface area (Å²) in [4.78, 5) is 4.14. The van der Waals surface area contributed by atoms with Crippen LogP contribution in [-0.4, -0.2) is 4.98 Å². The second-order valence-electron chi connectivity index (χ2n) is 4.77. The molecule has 2 rings (SSSR count). The van der Waals surface area contributed by atoms with E-state index in [9.17, 15) is 0 Å². The smallest absolute Gasteiger partial charge is 0.0377 e. The molecule has 1 fully saturated rings. The lowest BCUT2D eigenvalue weighted by Crippen LogP contribution is -2.15. The van der Waals surface area contributed by atoms with Crippen LogP contribution >= 0.6 is 0 Å². The van der Waals surface area contributed by atoms with Gasteiger partial charge in [-0.15, -0.1) is 0 Å². The van der Waals surface area contributed by atoms with E-state index in [1.807, 2.05) is 12.3 Å². The summed E-state index contributed by atoms with van der Waals surface area (Å²) in [5, 5.41) is 0. The summed E-state index contributed by atoms with van der Waals surface area (Å²) in [7, 11) is 0. The lowest BCUT2D eigenvalue weighted by molar-refractivity contribution is 0.334. The van der Waals surface area contributed by atoms with Gasteiger partial charge in [-0.05, 0) is 36.3 Å². The highest BCUT2D eigenvalue weighted by Crippen LogP contribution is 2.40. The first-order chi connectivity index (χ1) is 6.70. The van der Waals surface area contributed by atoms with E-state index < -0.39 is 0 Å². The van der Waals surface area contributed by atoms with Crippen LogP contribution in [0.1, 0.15) is 38.2 Å². The molecule has 0 aromatic carbocycles. The van der Waals surface area contributed by atoms with Gasteiger partial charge < -0.3 is 5.73 Å². The first-order valence-electron chi connectivity index (χ1n) is 5.38. The molecule has 0 unspecified atom stereocenters. The Hall–Kier alpha value is -1.05. The highest BCUT2D eigenvalue weighted by atomic mass is 14.7. The summed E-state index contributed by atoms with van der Waals surface area (Å²) in [6.07, 6.45) is 10.2. The molecule has 2 nitrogen and oxygen atoms in total. The molecule has 1 aromatic rings. The zero-order chi connectivity index (χ0) is 10.0. The van der Waals surface area contributed by atoms with Crippen molar-refractivity contribution in [2.24, 2.45) is 5.41 Å². The number of hydrogen-bond donors (Lipinski definition) is 1. The van der Waals surface area contributed by atoms with Crippen LogP contribution < -0.4 is 5.73 Å². The second-order valence-corrected chi connectivity index (χ2v) is 4.77. The zero-order valence-electron chi connectivity index (χ0n) is 8.79. The quantitative estimate of drug-likeness (QED) is 0.778. The molecule has 0 aliphatic heterocycles. The van der Waals surface area contributed by atoms with Crippen LogP contribution in [0.4, 0.5) is 5.69 Å². The molecule has 76 valence electrons. The van der Waals surface area contributed by atoms with E-state index in [0.29, 0.717) is 5.41 Å². The van der Waals surface area contributed by atoms with Crippen molar-refractivity contribution < 1.29 is 0 Å². The maximum Gasteiger partial charge on any atom is 0.0377 e. The topological polar surface area (TPSA) is 38.9 Å². The number of hydrogen-bond acceptors (Lipinski definition) is 2. The van der Waals surface area contributed by atoms with Gasteiger partial charge in [-0.25, -0.2) is 0 Å². The third-order valence-electron chi connectivity index (χ3n) is 3.37. The molecule has 1 aliphatic carbocycles. The zero-order valence-corrected chi connectivity index (χ0v) is 8.79. The highest BCUT2D eigenvalue weighted by molar-refractivity contribution is 5.44. The Balaban J connectivity index is 2.14. The van der Waals surface area contributed by atoms with E-state index in [2.05, 4.69) is 11.9 Å². The predicted octanol–water partition coefficient (Wildman–Crippen LogP) is 2.79. The second kappa shape index (κ2) is 3.60. The van der Waals surface area contributed by atoms with Crippen molar-refractivity contribution in [2.45, 2.75) is 39.0 Å². The van der Waals surface area contributed by atoms with Gasteiger partial charge in [0.25, 0.3) is 0 Å². The van der Waals surface area contributed by atoms with Crippen LogP contribution in [0.25, 0.3) is 0 Å². The summed E-state index contributed by atoms with van der Waals surface area (Å²) < 4.78 is 0. The van der Waals surface area contributed by atoms with Crippen molar-refractivity contribution in [1.29, 1.82) is 0 Å². The maximum atomic E-state index is 5.92. The summed E-state index contributed by atoms with van der Waals surface area (Å²) in [6.45, 7) is 2.37. The molecule has 1 aliphatic rings. The summed E-state index contributed by atoms with van der Waals surface area (Å²) in [6, 6.07) is 1.90. The predicted molar refractivity (Wildman–Crippen MR) is 58.9 cm³/mol. The molecule has 14 heavy (non-hydrogen) atoms. The molecule has 0 saturated heterocycles. The molecular formula is C12H18N2. The third-order valence-corrected chi connectivity index (χ3v) is 3.37. The van der Waals surface area contributed by atoms with Crippen LogP contribution in [0.2, 0.25) is 0 Å². The number of nitrogens with zero attached hydrogens (tertiary/aromatic N) is 1. The van der Waals surface area contributed by atoms with Gasteiger partial charge in [-0.3, -0.25) is 4.98 Å². The fourth-order valence-electron chi connectivity index (χ4n) is 2.45.